The van der Waals surface area contributed by atoms with Crippen molar-refractivity contribution in [3.63, 3.8) is 0 Å². The zero-order valence-electron chi connectivity index (χ0n) is 22.5. The molecule has 0 heterocycles. The Hall–Kier alpha value is -3.92. The average molecular weight is 483 g/mol. The number of methoxy groups -OCH3 is 1. The number of phenolic OH excluding ortho intramolecular Hbond substituents is 1. The van der Waals surface area contributed by atoms with Crippen LogP contribution < -0.4 is 10.2 Å². The van der Waals surface area contributed by atoms with Crippen LogP contribution in [0.25, 0.3) is 0 Å². The van der Waals surface area contributed by atoms with Crippen LogP contribution >= 0.6 is 0 Å². The molecule has 2 rings (SSSR count). The number of aliphatic imine (C=N–C) groups is 2. The Kier molecular flexibility index (Phi) is 25.2. The van der Waals surface area contributed by atoms with Gasteiger partial charge in [-0.1, -0.05) is 34.6 Å². The van der Waals surface area contributed by atoms with Crippen LogP contribution in [0.4, 0.5) is 5.69 Å². The fourth-order valence-electron chi connectivity index (χ4n) is 2.42. The van der Waals surface area contributed by atoms with E-state index in [0.717, 1.165) is 41.0 Å². The first kappa shape index (κ1) is 35.7. The third-order valence-electron chi connectivity index (χ3n) is 3.62. The quantitative estimate of drug-likeness (QED) is 0.157. The molecular weight excluding hydrogens is 440 g/mol. The Balaban J connectivity index is -0.00000101. The fourth-order valence-corrected chi connectivity index (χ4v) is 2.42. The number of hydrogen-bond acceptors (Lipinski definition) is 6. The zero-order chi connectivity index (χ0) is 27.6. The maximum atomic E-state index is 9.59. The summed E-state index contributed by atoms with van der Waals surface area (Å²) in [6.07, 6.45) is 9.67. The molecule has 0 saturated heterocycles. The van der Waals surface area contributed by atoms with Gasteiger partial charge in [-0.25, -0.2) is 4.99 Å². The molecular formula is C28H42N4O3. The Bertz CT molecular complexity index is 902. The van der Waals surface area contributed by atoms with E-state index in [-0.39, 0.29) is 5.75 Å². The number of hydrogen-bond donors (Lipinski definition) is 2. The molecule has 7 nitrogen and oxygen atoms in total. The van der Waals surface area contributed by atoms with Gasteiger partial charge in [0.15, 0.2) is 0 Å². The summed E-state index contributed by atoms with van der Waals surface area (Å²) < 4.78 is 5.38. The fraction of sp³-hybridized carbons (Fsp3) is 0.357. The van der Waals surface area contributed by atoms with Crippen molar-refractivity contribution in [3.8, 4) is 24.3 Å². The molecule has 0 aliphatic rings. The lowest BCUT2D eigenvalue weighted by Gasteiger charge is -2.13. The molecule has 35 heavy (non-hydrogen) atoms. The molecule has 2 N–H and O–H groups in total. The molecule has 0 fully saturated rings. The molecule has 0 unspecified atom stereocenters. The largest absolute Gasteiger partial charge is 0.508 e. The summed E-state index contributed by atoms with van der Waals surface area (Å²) in [4.78, 5) is 18.1. The van der Waals surface area contributed by atoms with Crippen molar-refractivity contribution in [3.05, 3.63) is 53.6 Å². The number of hydrazone groups is 1. The van der Waals surface area contributed by atoms with Gasteiger partial charge in [0.1, 0.15) is 23.6 Å². The van der Waals surface area contributed by atoms with Crippen molar-refractivity contribution >= 4 is 30.2 Å². The number of benzene rings is 2. The predicted octanol–water partition coefficient (Wildman–Crippen LogP) is 6.41. The van der Waals surface area contributed by atoms with Gasteiger partial charge in [0.25, 0.3) is 0 Å². The van der Waals surface area contributed by atoms with E-state index >= 15 is 0 Å². The highest BCUT2D eigenvalue weighted by atomic mass is 16.5. The SMILES string of the molecule is C#C.C=NNC(C)=Nc1ccc(OC)cc1C(=NCCC)c1ccc(O)cc1.CC.CC.CC=O. The molecule has 0 aliphatic heterocycles. The van der Waals surface area contributed by atoms with Crippen molar-refractivity contribution < 1.29 is 14.6 Å². The van der Waals surface area contributed by atoms with Gasteiger partial charge in [-0.05, 0) is 62.7 Å². The van der Waals surface area contributed by atoms with Crippen molar-refractivity contribution in [2.45, 2.75) is 54.9 Å². The van der Waals surface area contributed by atoms with E-state index in [1.807, 2.05) is 65.0 Å². The number of nitrogens with one attached hydrogen (secondary N) is 1. The molecule has 2 aromatic carbocycles. The highest BCUT2D eigenvalue weighted by Gasteiger charge is 2.14. The number of nitrogens with zero attached hydrogens (tertiary/aromatic N) is 3. The molecule has 0 aromatic heterocycles. The Morgan fingerprint density at radius 2 is 1.66 bits per heavy atom. The molecule has 0 radical (unpaired) electrons. The van der Waals surface area contributed by atoms with Crippen molar-refractivity contribution in [2.75, 3.05) is 13.7 Å². The highest BCUT2D eigenvalue weighted by molar-refractivity contribution is 6.16. The number of ether oxygens (including phenoxy) is 1. The summed E-state index contributed by atoms with van der Waals surface area (Å²) in [6, 6.07) is 12.6. The van der Waals surface area contributed by atoms with Crippen LogP contribution in [0.1, 0.15) is 66.0 Å². The van der Waals surface area contributed by atoms with Gasteiger partial charge in [-0.2, -0.15) is 5.10 Å². The molecule has 0 aliphatic carbocycles. The van der Waals surface area contributed by atoms with Crippen molar-refractivity contribution in [1.82, 2.24) is 5.43 Å². The second kappa shape index (κ2) is 24.7. The van der Waals surface area contributed by atoms with Crippen LogP contribution in [0.15, 0.2) is 57.6 Å². The maximum Gasteiger partial charge on any atom is 0.119 e. The van der Waals surface area contributed by atoms with Crippen LogP contribution in [-0.2, 0) is 4.79 Å². The number of rotatable bonds is 7. The number of phenols is 1. The molecule has 0 bridgehead atoms. The summed E-state index contributed by atoms with van der Waals surface area (Å²) in [5.74, 6) is 1.55. The van der Waals surface area contributed by atoms with Gasteiger partial charge < -0.3 is 14.6 Å². The topological polar surface area (TPSA) is 95.6 Å². The molecule has 7 heteroatoms. The normalized spacial score (nSPS) is 9.66. The number of aldehydes is 1. The van der Waals surface area contributed by atoms with E-state index in [9.17, 15) is 5.11 Å². The third-order valence-corrected chi connectivity index (χ3v) is 3.62. The van der Waals surface area contributed by atoms with Crippen LogP contribution in [-0.4, -0.2) is 43.3 Å². The lowest BCUT2D eigenvalue weighted by atomic mass is 10.00. The van der Waals surface area contributed by atoms with Gasteiger partial charge in [-0.3, -0.25) is 10.4 Å². The Morgan fingerprint density at radius 3 is 2.11 bits per heavy atom. The zero-order valence-corrected chi connectivity index (χ0v) is 22.5. The van der Waals surface area contributed by atoms with Crippen LogP contribution in [0.3, 0.4) is 0 Å². The van der Waals surface area contributed by atoms with Gasteiger partial charge in [0, 0.05) is 24.4 Å². The third kappa shape index (κ3) is 14.8. The molecule has 2 aromatic rings. The number of carbonyl (C=O) groups is 1. The number of aromatic hydroxyl groups is 1. The number of amidine groups is 1. The number of terminal acetylenes is 1. The first-order valence-electron chi connectivity index (χ1n) is 11.5. The van der Waals surface area contributed by atoms with E-state index in [0.29, 0.717) is 12.4 Å². The van der Waals surface area contributed by atoms with Gasteiger partial charge >= 0.3 is 0 Å². The minimum absolute atomic E-state index is 0.213. The number of carbonyl (C=O) groups excluding carboxylic acids is 1. The van der Waals surface area contributed by atoms with Gasteiger partial charge in [-0.15, -0.1) is 12.8 Å². The maximum absolute atomic E-state index is 9.59. The Morgan fingerprint density at radius 1 is 1.11 bits per heavy atom. The first-order valence-corrected chi connectivity index (χ1v) is 11.5. The van der Waals surface area contributed by atoms with Crippen LogP contribution in [0, 0.1) is 12.8 Å². The molecule has 0 spiro atoms. The standard InChI is InChI=1S/C20H24N4O2.C2H4O.2C2H6.C2H2/c1-5-12-22-20(15-6-8-16(25)9-7-15)18-13-17(26-4)10-11-19(18)23-14(2)24-21-3;1-2-3;3*1-2/h6-11,13,25H,3,5,12H2,1-2,4H3,(H,23,24);2H,1H3;2*1-2H3;1-2H. The lowest BCUT2D eigenvalue weighted by molar-refractivity contribution is -0.106. The lowest BCUT2D eigenvalue weighted by Crippen LogP contribution is -2.12. The smallest absolute Gasteiger partial charge is 0.119 e. The first-order chi connectivity index (χ1) is 17.0. The van der Waals surface area contributed by atoms with Crippen LogP contribution in [0.2, 0.25) is 0 Å². The summed E-state index contributed by atoms with van der Waals surface area (Å²) in [7, 11) is 1.62. The molecule has 0 atom stereocenters. The van der Waals surface area contributed by atoms with E-state index < -0.39 is 0 Å². The van der Waals surface area contributed by atoms with E-state index in [1.54, 1.807) is 19.2 Å². The second-order valence-electron chi connectivity index (χ2n) is 5.86. The minimum atomic E-state index is 0.213. The molecule has 0 amide bonds. The summed E-state index contributed by atoms with van der Waals surface area (Å²) in [5, 5.41) is 13.2. The predicted molar refractivity (Wildman–Crippen MR) is 152 cm³/mol. The summed E-state index contributed by atoms with van der Waals surface area (Å²) in [6.45, 7) is 17.4. The van der Waals surface area contributed by atoms with E-state index in [4.69, 9.17) is 14.5 Å². The second-order valence-corrected chi connectivity index (χ2v) is 5.86. The highest BCUT2D eigenvalue weighted by Crippen LogP contribution is 2.28. The van der Waals surface area contributed by atoms with E-state index in [2.05, 4.69) is 42.0 Å². The average Bonchev–Trinajstić information content (AvgIpc) is 2.90. The monoisotopic (exact) mass is 482 g/mol. The summed E-state index contributed by atoms with van der Waals surface area (Å²) >= 11 is 0. The molecule has 0 saturated carbocycles. The molecule has 192 valence electrons. The van der Waals surface area contributed by atoms with Crippen molar-refractivity contribution in [1.29, 1.82) is 0 Å². The van der Waals surface area contributed by atoms with Crippen molar-refractivity contribution in [2.24, 2.45) is 15.1 Å². The summed E-state index contributed by atoms with van der Waals surface area (Å²) in [5.41, 5.74) is 6.01. The van der Waals surface area contributed by atoms with Crippen LogP contribution in [0.5, 0.6) is 11.5 Å². The van der Waals surface area contributed by atoms with E-state index in [1.165, 1.54) is 6.92 Å². The minimum Gasteiger partial charge on any atom is -0.508 e. The Labute approximate surface area is 212 Å². The van der Waals surface area contributed by atoms with Gasteiger partial charge in [0.2, 0.25) is 0 Å². The van der Waals surface area contributed by atoms with Gasteiger partial charge in [0.05, 0.1) is 18.5 Å².